The van der Waals surface area contributed by atoms with Crippen LogP contribution in [0.5, 0.6) is 0 Å². The molecule has 1 fully saturated rings. The molecular weight excluding hydrogens is 334 g/mol. The summed E-state index contributed by atoms with van der Waals surface area (Å²) in [5, 5.41) is 11.1. The van der Waals surface area contributed by atoms with Gasteiger partial charge >= 0.3 is 0 Å². The van der Waals surface area contributed by atoms with Crippen molar-refractivity contribution in [3.8, 4) is 0 Å². The molecule has 1 aliphatic rings. The lowest BCUT2D eigenvalue weighted by atomic mass is 10.1. The minimum atomic E-state index is -0.360. The van der Waals surface area contributed by atoms with Crippen molar-refractivity contribution >= 4 is 28.8 Å². The number of piperazine rings is 1. The van der Waals surface area contributed by atoms with Crippen molar-refractivity contribution in [3.05, 3.63) is 34.7 Å². The van der Waals surface area contributed by atoms with Crippen molar-refractivity contribution < 1.29 is 9.59 Å². The molecule has 1 unspecified atom stereocenters. The van der Waals surface area contributed by atoms with Crippen molar-refractivity contribution in [1.29, 1.82) is 0 Å². The fourth-order valence-corrected chi connectivity index (χ4v) is 3.19. The third-order valence-corrected chi connectivity index (χ3v) is 4.70. The van der Waals surface area contributed by atoms with Crippen LogP contribution in [0.4, 0.5) is 5.69 Å². The average molecular weight is 357 g/mol. The predicted molar refractivity (Wildman–Crippen MR) is 99.2 cm³/mol. The Bertz CT molecular complexity index is 858. The smallest absolute Gasteiger partial charge is 0.274 e. The van der Waals surface area contributed by atoms with Gasteiger partial charge in [-0.05, 0) is 31.5 Å². The quantitative estimate of drug-likeness (QED) is 0.728. The number of carbonyl (C=O) groups excluding carboxylic acids is 2. The molecule has 8 heteroatoms. The van der Waals surface area contributed by atoms with E-state index in [4.69, 9.17) is 0 Å². The second-order valence-electron chi connectivity index (χ2n) is 6.48. The molecule has 0 radical (unpaired) electrons. The van der Waals surface area contributed by atoms with Crippen LogP contribution in [0.3, 0.4) is 0 Å². The summed E-state index contributed by atoms with van der Waals surface area (Å²) in [5.41, 5.74) is 0.925. The van der Waals surface area contributed by atoms with Crippen molar-refractivity contribution in [2.75, 3.05) is 31.1 Å². The maximum Gasteiger partial charge on any atom is 0.274 e. The minimum Gasteiger partial charge on any atom is -0.369 e. The number of fused-ring (bicyclic) bond motifs is 1. The topological polar surface area (TPSA) is 96.3 Å². The van der Waals surface area contributed by atoms with E-state index in [2.05, 4.69) is 20.6 Å². The van der Waals surface area contributed by atoms with E-state index in [1.54, 1.807) is 6.20 Å². The van der Waals surface area contributed by atoms with Crippen LogP contribution in [-0.4, -0.2) is 48.3 Å². The molecule has 26 heavy (non-hydrogen) atoms. The first-order valence-corrected chi connectivity index (χ1v) is 8.80. The molecule has 0 bridgehead atoms. The second-order valence-corrected chi connectivity index (χ2v) is 6.48. The zero-order valence-corrected chi connectivity index (χ0v) is 14.8. The Morgan fingerprint density at radius 2 is 2.15 bits per heavy atom. The Morgan fingerprint density at radius 1 is 1.38 bits per heavy atom. The number of nitrogens with zero attached hydrogens (tertiary/aromatic N) is 3. The van der Waals surface area contributed by atoms with Crippen molar-refractivity contribution in [2.45, 2.75) is 25.8 Å². The summed E-state index contributed by atoms with van der Waals surface area (Å²) in [7, 11) is 0. The Balaban J connectivity index is 1.80. The van der Waals surface area contributed by atoms with Crippen LogP contribution in [0.1, 0.15) is 25.8 Å². The molecule has 2 N–H and O–H groups in total. The van der Waals surface area contributed by atoms with E-state index >= 15 is 0 Å². The molecule has 1 atom stereocenters. The van der Waals surface area contributed by atoms with Gasteiger partial charge in [-0.15, -0.1) is 0 Å². The lowest BCUT2D eigenvalue weighted by Crippen LogP contribution is -2.43. The van der Waals surface area contributed by atoms with Gasteiger partial charge in [-0.3, -0.25) is 19.7 Å². The van der Waals surface area contributed by atoms with Gasteiger partial charge in [0.1, 0.15) is 0 Å². The Labute approximate surface area is 151 Å². The number of hydrogen-bond donors (Lipinski definition) is 2. The van der Waals surface area contributed by atoms with Crippen LogP contribution >= 0.6 is 0 Å². The fourth-order valence-electron chi connectivity index (χ4n) is 3.19. The molecule has 3 rings (SSSR count). The van der Waals surface area contributed by atoms with Gasteiger partial charge in [-0.25, -0.2) is 4.68 Å². The van der Waals surface area contributed by atoms with Crippen LogP contribution in [0, 0.1) is 0 Å². The van der Waals surface area contributed by atoms with E-state index < -0.39 is 0 Å². The molecule has 8 nitrogen and oxygen atoms in total. The first-order valence-electron chi connectivity index (χ1n) is 8.80. The number of amides is 2. The number of hydrogen-bond acceptors (Lipinski definition) is 6. The Hall–Kier alpha value is -2.74. The highest BCUT2D eigenvalue weighted by Gasteiger charge is 2.15. The standard InChI is InChI=1S/C18H23N5O3/c1-13(2-5-17(25)20-12-24)23-18(26)16-4-3-15(10-14(16)11-21-23)22-8-6-19-7-9-22/h3-4,10-13,19H,2,5-9H2,1H3,(H,20,24,25). The molecule has 1 aromatic carbocycles. The zero-order chi connectivity index (χ0) is 18.5. The average Bonchev–Trinajstić information content (AvgIpc) is 2.67. The van der Waals surface area contributed by atoms with Crippen LogP contribution < -0.4 is 21.1 Å². The van der Waals surface area contributed by atoms with Crippen LogP contribution in [0.15, 0.2) is 29.2 Å². The number of nitrogens with one attached hydrogen (secondary N) is 2. The Morgan fingerprint density at radius 3 is 2.88 bits per heavy atom. The van der Waals surface area contributed by atoms with Gasteiger partial charge in [-0.2, -0.15) is 5.10 Å². The minimum absolute atomic E-state index is 0.161. The molecule has 0 aliphatic carbocycles. The van der Waals surface area contributed by atoms with Crippen molar-refractivity contribution in [3.63, 3.8) is 0 Å². The molecule has 0 saturated carbocycles. The number of benzene rings is 1. The SMILES string of the molecule is CC(CCC(=O)NC=O)n1ncc2cc(N3CCNCC3)ccc2c1=O. The summed E-state index contributed by atoms with van der Waals surface area (Å²) in [6.45, 7) is 5.62. The summed E-state index contributed by atoms with van der Waals surface area (Å²) in [6, 6.07) is 5.58. The van der Waals surface area contributed by atoms with Gasteiger partial charge in [0.15, 0.2) is 0 Å². The molecule has 0 spiro atoms. The van der Waals surface area contributed by atoms with Gasteiger partial charge in [0.05, 0.1) is 17.6 Å². The highest BCUT2D eigenvalue weighted by molar-refractivity contribution is 5.86. The lowest BCUT2D eigenvalue weighted by molar-refractivity contribution is -0.125. The van der Waals surface area contributed by atoms with E-state index in [9.17, 15) is 14.4 Å². The molecule has 1 aliphatic heterocycles. The summed E-state index contributed by atoms with van der Waals surface area (Å²) in [4.78, 5) is 36.7. The van der Waals surface area contributed by atoms with Gasteiger partial charge in [-0.1, -0.05) is 0 Å². The summed E-state index contributed by atoms with van der Waals surface area (Å²) in [5.74, 6) is -0.360. The molecule has 1 saturated heterocycles. The highest BCUT2D eigenvalue weighted by atomic mass is 16.2. The molecule has 1 aromatic heterocycles. The zero-order valence-electron chi connectivity index (χ0n) is 14.8. The fraction of sp³-hybridized carbons (Fsp3) is 0.444. The molecule has 2 heterocycles. The van der Waals surface area contributed by atoms with Gasteiger partial charge in [0.2, 0.25) is 12.3 Å². The largest absolute Gasteiger partial charge is 0.369 e. The van der Waals surface area contributed by atoms with E-state index in [0.29, 0.717) is 18.2 Å². The second kappa shape index (κ2) is 8.09. The van der Waals surface area contributed by atoms with E-state index in [1.807, 2.05) is 25.1 Å². The van der Waals surface area contributed by atoms with Crippen molar-refractivity contribution in [2.24, 2.45) is 0 Å². The monoisotopic (exact) mass is 357 g/mol. The number of carbonyl (C=O) groups is 2. The number of anilines is 1. The lowest BCUT2D eigenvalue weighted by Gasteiger charge is -2.29. The molecular formula is C18H23N5O3. The number of aromatic nitrogens is 2. The summed E-state index contributed by atoms with van der Waals surface area (Å²) in [6.07, 6.45) is 2.65. The third kappa shape index (κ3) is 3.91. The maximum absolute atomic E-state index is 12.7. The van der Waals surface area contributed by atoms with Crippen LogP contribution in [0.2, 0.25) is 0 Å². The first-order chi connectivity index (χ1) is 12.6. The summed E-state index contributed by atoms with van der Waals surface area (Å²) >= 11 is 0. The third-order valence-electron chi connectivity index (χ3n) is 4.70. The molecule has 138 valence electrons. The van der Waals surface area contributed by atoms with Gasteiger partial charge in [0.25, 0.3) is 5.56 Å². The number of imide groups is 1. The van der Waals surface area contributed by atoms with E-state index in [1.165, 1.54) is 4.68 Å². The Kier molecular flexibility index (Phi) is 5.62. The van der Waals surface area contributed by atoms with Gasteiger partial charge < -0.3 is 10.2 Å². The van der Waals surface area contributed by atoms with Crippen LogP contribution in [-0.2, 0) is 9.59 Å². The molecule has 2 amide bonds. The maximum atomic E-state index is 12.7. The van der Waals surface area contributed by atoms with Crippen LogP contribution in [0.25, 0.3) is 10.8 Å². The van der Waals surface area contributed by atoms with Crippen molar-refractivity contribution in [1.82, 2.24) is 20.4 Å². The van der Waals surface area contributed by atoms with Gasteiger partial charge in [0, 0.05) is 43.7 Å². The van der Waals surface area contributed by atoms with E-state index in [0.717, 1.165) is 37.3 Å². The molecule has 2 aromatic rings. The first kappa shape index (κ1) is 18.1. The van der Waals surface area contributed by atoms with E-state index in [-0.39, 0.29) is 23.9 Å². The number of rotatable bonds is 6. The predicted octanol–water partition coefficient (Wildman–Crippen LogP) is 0.420. The normalized spacial score (nSPS) is 15.7. The summed E-state index contributed by atoms with van der Waals surface area (Å²) < 4.78 is 1.40. The highest BCUT2D eigenvalue weighted by Crippen LogP contribution is 2.21.